The van der Waals surface area contributed by atoms with Gasteiger partial charge in [-0.2, -0.15) is 0 Å². The monoisotopic (exact) mass is 306 g/mol. The molecule has 5 nitrogen and oxygen atoms in total. The summed E-state index contributed by atoms with van der Waals surface area (Å²) in [4.78, 5) is 22.6. The number of halogens is 2. The molecule has 3 N–H and O–H groups in total. The number of ether oxygens (including phenoxy) is 1. The fraction of sp³-hybridized carbons (Fsp3) is 0.0667. The minimum Gasteiger partial charge on any atom is -0.482 e. The normalized spacial score (nSPS) is 10.1. The van der Waals surface area contributed by atoms with Crippen LogP contribution < -0.4 is 15.8 Å². The summed E-state index contributed by atoms with van der Waals surface area (Å²) in [7, 11) is 0. The van der Waals surface area contributed by atoms with Crippen LogP contribution in [0.5, 0.6) is 5.75 Å². The van der Waals surface area contributed by atoms with E-state index in [1.807, 2.05) is 0 Å². The van der Waals surface area contributed by atoms with Gasteiger partial charge in [0.05, 0.1) is 0 Å². The molecule has 0 bridgehead atoms. The Balaban J connectivity index is 1.98. The zero-order valence-electron chi connectivity index (χ0n) is 11.3. The van der Waals surface area contributed by atoms with Gasteiger partial charge in [0, 0.05) is 17.3 Å². The van der Waals surface area contributed by atoms with Gasteiger partial charge in [-0.25, -0.2) is 13.6 Å². The standard InChI is InChI=1S/C15H12F2N2O3/c16-10-3-6-14(12(17)7-10)22-8-13(20)9-1-4-11(5-2-9)19-15(18)21/h1-7H,8H2,(H3,18,19,21). The number of primary amides is 1. The van der Waals surface area contributed by atoms with E-state index in [1.165, 1.54) is 24.3 Å². The Morgan fingerprint density at radius 3 is 2.36 bits per heavy atom. The lowest BCUT2D eigenvalue weighted by Crippen LogP contribution is -2.19. The van der Waals surface area contributed by atoms with Crippen molar-refractivity contribution >= 4 is 17.5 Å². The maximum atomic E-state index is 13.3. The number of urea groups is 1. The number of anilines is 1. The lowest BCUT2D eigenvalue weighted by Gasteiger charge is -2.07. The van der Waals surface area contributed by atoms with Gasteiger partial charge in [0.15, 0.2) is 24.0 Å². The highest BCUT2D eigenvalue weighted by Gasteiger charge is 2.10. The van der Waals surface area contributed by atoms with Crippen molar-refractivity contribution in [2.45, 2.75) is 0 Å². The Morgan fingerprint density at radius 1 is 1.09 bits per heavy atom. The van der Waals surface area contributed by atoms with Crippen LogP contribution in [0, 0.1) is 11.6 Å². The number of amides is 2. The van der Waals surface area contributed by atoms with E-state index in [4.69, 9.17) is 10.5 Å². The van der Waals surface area contributed by atoms with Crippen LogP contribution in [0.3, 0.4) is 0 Å². The van der Waals surface area contributed by atoms with Crippen molar-refractivity contribution in [3.8, 4) is 5.75 Å². The van der Waals surface area contributed by atoms with Crippen LogP contribution in [0.2, 0.25) is 0 Å². The minimum atomic E-state index is -0.881. The summed E-state index contributed by atoms with van der Waals surface area (Å²) in [5.74, 6) is -2.21. The summed E-state index contributed by atoms with van der Waals surface area (Å²) < 4.78 is 31.1. The summed E-state index contributed by atoms with van der Waals surface area (Å²) in [5, 5.41) is 2.35. The van der Waals surface area contributed by atoms with Crippen LogP contribution in [-0.4, -0.2) is 18.4 Å². The molecule has 2 aromatic rings. The van der Waals surface area contributed by atoms with Crippen LogP contribution in [-0.2, 0) is 0 Å². The molecule has 0 spiro atoms. The molecular formula is C15H12F2N2O3. The van der Waals surface area contributed by atoms with E-state index in [-0.39, 0.29) is 5.75 Å². The van der Waals surface area contributed by atoms with Crippen LogP contribution in [0.25, 0.3) is 0 Å². The molecule has 114 valence electrons. The molecule has 0 saturated carbocycles. The Morgan fingerprint density at radius 2 is 1.77 bits per heavy atom. The van der Waals surface area contributed by atoms with Gasteiger partial charge in [0.25, 0.3) is 0 Å². The number of benzene rings is 2. The number of rotatable bonds is 5. The second-order valence-corrected chi connectivity index (χ2v) is 4.35. The van der Waals surface area contributed by atoms with Crippen LogP contribution in [0.1, 0.15) is 10.4 Å². The van der Waals surface area contributed by atoms with Gasteiger partial charge in [-0.3, -0.25) is 4.79 Å². The van der Waals surface area contributed by atoms with Crippen LogP contribution >= 0.6 is 0 Å². The van der Waals surface area contributed by atoms with Crippen LogP contribution in [0.15, 0.2) is 42.5 Å². The van der Waals surface area contributed by atoms with Gasteiger partial charge >= 0.3 is 6.03 Å². The van der Waals surface area contributed by atoms with E-state index in [2.05, 4.69) is 5.32 Å². The van der Waals surface area contributed by atoms with Gasteiger partial charge in [-0.15, -0.1) is 0 Å². The first-order valence-corrected chi connectivity index (χ1v) is 6.23. The average molecular weight is 306 g/mol. The number of hydrogen-bond donors (Lipinski definition) is 2. The molecule has 0 atom stereocenters. The Bertz CT molecular complexity index is 702. The topological polar surface area (TPSA) is 81.4 Å². The third-order valence-corrected chi connectivity index (χ3v) is 2.73. The molecule has 0 radical (unpaired) electrons. The van der Waals surface area contributed by atoms with Gasteiger partial charge in [-0.1, -0.05) is 0 Å². The molecule has 2 rings (SSSR count). The third kappa shape index (κ3) is 4.02. The average Bonchev–Trinajstić information content (AvgIpc) is 2.46. The predicted octanol–water partition coefficient (Wildman–Crippen LogP) is 2.72. The number of ketones is 1. The molecule has 0 unspecified atom stereocenters. The number of Topliss-reactive ketones (excluding diaryl/α,β-unsaturated/α-hetero) is 1. The molecule has 0 saturated heterocycles. The maximum absolute atomic E-state index is 13.3. The van der Waals surface area contributed by atoms with E-state index in [1.54, 1.807) is 0 Å². The van der Waals surface area contributed by atoms with Crippen molar-refractivity contribution in [3.05, 3.63) is 59.7 Å². The molecule has 22 heavy (non-hydrogen) atoms. The molecular weight excluding hydrogens is 294 g/mol. The van der Waals surface area contributed by atoms with E-state index in [0.29, 0.717) is 17.3 Å². The molecule has 0 aliphatic rings. The second kappa shape index (κ2) is 6.66. The number of carbonyl (C=O) groups is 2. The number of nitrogens with one attached hydrogen (secondary N) is 1. The summed E-state index contributed by atoms with van der Waals surface area (Å²) in [6.45, 7) is -0.398. The number of carbonyl (C=O) groups excluding carboxylic acids is 2. The highest BCUT2D eigenvalue weighted by Crippen LogP contribution is 2.18. The van der Waals surface area contributed by atoms with Gasteiger partial charge < -0.3 is 15.8 Å². The highest BCUT2D eigenvalue weighted by molar-refractivity contribution is 5.98. The van der Waals surface area contributed by atoms with Crippen molar-refractivity contribution < 1.29 is 23.1 Å². The van der Waals surface area contributed by atoms with Crippen molar-refractivity contribution in [1.82, 2.24) is 0 Å². The first-order valence-electron chi connectivity index (χ1n) is 6.23. The maximum Gasteiger partial charge on any atom is 0.316 e. The summed E-state index contributed by atoms with van der Waals surface area (Å²) in [5.41, 5.74) is 5.72. The summed E-state index contributed by atoms with van der Waals surface area (Å²) >= 11 is 0. The fourth-order valence-electron chi connectivity index (χ4n) is 1.70. The van der Waals surface area contributed by atoms with Gasteiger partial charge in [-0.05, 0) is 36.4 Å². The van der Waals surface area contributed by atoms with Crippen molar-refractivity contribution in [2.24, 2.45) is 5.73 Å². The van der Waals surface area contributed by atoms with E-state index < -0.39 is 30.1 Å². The lowest BCUT2D eigenvalue weighted by atomic mass is 10.1. The summed E-state index contributed by atoms with van der Waals surface area (Å²) in [6.07, 6.45) is 0. The third-order valence-electron chi connectivity index (χ3n) is 2.73. The molecule has 7 heteroatoms. The van der Waals surface area contributed by atoms with Crippen molar-refractivity contribution in [2.75, 3.05) is 11.9 Å². The Labute approximate surface area is 124 Å². The number of hydrogen-bond acceptors (Lipinski definition) is 3. The second-order valence-electron chi connectivity index (χ2n) is 4.35. The molecule has 2 aromatic carbocycles. The minimum absolute atomic E-state index is 0.207. The number of nitrogens with two attached hydrogens (primary N) is 1. The van der Waals surface area contributed by atoms with E-state index in [0.717, 1.165) is 12.1 Å². The Kier molecular flexibility index (Phi) is 4.67. The van der Waals surface area contributed by atoms with Crippen molar-refractivity contribution in [3.63, 3.8) is 0 Å². The largest absolute Gasteiger partial charge is 0.482 e. The fourth-order valence-corrected chi connectivity index (χ4v) is 1.70. The molecule has 0 aliphatic carbocycles. The quantitative estimate of drug-likeness (QED) is 0.833. The zero-order chi connectivity index (χ0) is 16.1. The Hall–Kier alpha value is -2.96. The zero-order valence-corrected chi connectivity index (χ0v) is 11.3. The molecule has 0 heterocycles. The SMILES string of the molecule is NC(=O)Nc1ccc(C(=O)COc2ccc(F)cc2F)cc1. The molecule has 0 aromatic heterocycles. The van der Waals surface area contributed by atoms with E-state index >= 15 is 0 Å². The molecule has 0 aliphatic heterocycles. The highest BCUT2D eigenvalue weighted by atomic mass is 19.1. The first-order chi connectivity index (χ1) is 10.5. The molecule has 0 fully saturated rings. The van der Waals surface area contributed by atoms with Gasteiger partial charge in [0.2, 0.25) is 0 Å². The smallest absolute Gasteiger partial charge is 0.316 e. The van der Waals surface area contributed by atoms with Crippen molar-refractivity contribution in [1.29, 1.82) is 0 Å². The first kappa shape index (κ1) is 15.4. The van der Waals surface area contributed by atoms with E-state index in [9.17, 15) is 18.4 Å². The predicted molar refractivity (Wildman–Crippen MR) is 75.8 cm³/mol. The van der Waals surface area contributed by atoms with Gasteiger partial charge in [0.1, 0.15) is 5.82 Å². The van der Waals surface area contributed by atoms with Crippen LogP contribution in [0.4, 0.5) is 19.3 Å². The summed E-state index contributed by atoms with van der Waals surface area (Å²) in [6, 6.07) is 8.03. The lowest BCUT2D eigenvalue weighted by molar-refractivity contribution is 0.0918. The molecule has 2 amide bonds.